The topological polar surface area (TPSA) is 45.5 Å². The highest BCUT2D eigenvalue weighted by Gasteiger charge is 2.16. The molecule has 0 spiro atoms. The largest absolute Gasteiger partial charge is 0.463 e. The van der Waals surface area contributed by atoms with Gasteiger partial charge in [0.05, 0.1) is 13.1 Å². The van der Waals surface area contributed by atoms with Crippen molar-refractivity contribution in [3.8, 4) is 0 Å². The SMILES string of the molecule is CC(C)CNCc1ccc(CN2CCS(=O)CC2)o1. The molecule has 0 aliphatic carbocycles. The van der Waals surface area contributed by atoms with Crippen LogP contribution in [0.25, 0.3) is 0 Å². The molecule has 0 bridgehead atoms. The Hall–Kier alpha value is -0.650. The van der Waals surface area contributed by atoms with E-state index in [1.165, 1.54) is 0 Å². The molecule has 1 fully saturated rings. The van der Waals surface area contributed by atoms with Gasteiger partial charge >= 0.3 is 0 Å². The lowest BCUT2D eigenvalue weighted by molar-refractivity contribution is 0.261. The Labute approximate surface area is 118 Å². The summed E-state index contributed by atoms with van der Waals surface area (Å²) in [4.78, 5) is 2.31. The van der Waals surface area contributed by atoms with Crippen molar-refractivity contribution in [1.29, 1.82) is 0 Å². The maximum absolute atomic E-state index is 11.3. The van der Waals surface area contributed by atoms with Crippen molar-refractivity contribution in [3.05, 3.63) is 23.7 Å². The molecule has 1 aliphatic rings. The van der Waals surface area contributed by atoms with Crippen LogP contribution >= 0.6 is 0 Å². The Bertz CT molecular complexity index is 407. The second-order valence-corrected chi connectivity index (χ2v) is 7.21. The molecule has 1 N–H and O–H groups in total. The van der Waals surface area contributed by atoms with E-state index in [-0.39, 0.29) is 0 Å². The first kappa shape index (κ1) is 14.8. The average Bonchev–Trinajstić information content (AvgIpc) is 2.79. The van der Waals surface area contributed by atoms with Crippen molar-refractivity contribution < 1.29 is 8.63 Å². The van der Waals surface area contributed by atoms with Crippen molar-refractivity contribution in [2.45, 2.75) is 26.9 Å². The molecule has 1 aliphatic heterocycles. The zero-order chi connectivity index (χ0) is 13.7. The molecular formula is C14H24N2O2S. The normalized spacial score (nSPS) is 18.3. The molecule has 0 amide bonds. The van der Waals surface area contributed by atoms with Crippen LogP contribution in [0.4, 0.5) is 0 Å². The van der Waals surface area contributed by atoms with Crippen LogP contribution in [-0.2, 0) is 23.9 Å². The number of rotatable bonds is 6. The molecule has 2 heterocycles. The summed E-state index contributed by atoms with van der Waals surface area (Å²) in [5.41, 5.74) is 0. The molecule has 1 aromatic heterocycles. The van der Waals surface area contributed by atoms with Crippen molar-refractivity contribution >= 4 is 10.8 Å². The summed E-state index contributed by atoms with van der Waals surface area (Å²) in [6.07, 6.45) is 0. The Kier molecular flexibility index (Phi) is 5.60. The predicted octanol–water partition coefficient (Wildman–Crippen LogP) is 1.59. The Morgan fingerprint density at radius 2 is 2.00 bits per heavy atom. The van der Waals surface area contributed by atoms with Crippen LogP contribution in [-0.4, -0.2) is 40.2 Å². The Morgan fingerprint density at radius 1 is 1.32 bits per heavy atom. The first-order chi connectivity index (χ1) is 9.13. The Morgan fingerprint density at radius 3 is 2.68 bits per heavy atom. The zero-order valence-corrected chi connectivity index (χ0v) is 12.7. The van der Waals surface area contributed by atoms with Gasteiger partial charge in [-0.1, -0.05) is 13.8 Å². The van der Waals surface area contributed by atoms with E-state index < -0.39 is 10.8 Å². The lowest BCUT2D eigenvalue weighted by Gasteiger charge is -2.24. The van der Waals surface area contributed by atoms with Crippen molar-refractivity contribution in [2.75, 3.05) is 31.1 Å². The van der Waals surface area contributed by atoms with E-state index in [9.17, 15) is 4.21 Å². The number of hydrogen-bond acceptors (Lipinski definition) is 4. The highest BCUT2D eigenvalue weighted by atomic mass is 32.2. The molecular weight excluding hydrogens is 260 g/mol. The molecule has 0 atom stereocenters. The van der Waals surface area contributed by atoms with Crippen LogP contribution in [0.1, 0.15) is 25.4 Å². The first-order valence-electron chi connectivity index (χ1n) is 6.99. The maximum Gasteiger partial charge on any atom is 0.118 e. The molecule has 4 nitrogen and oxygen atoms in total. The van der Waals surface area contributed by atoms with Gasteiger partial charge in [0, 0.05) is 35.4 Å². The van der Waals surface area contributed by atoms with E-state index in [4.69, 9.17) is 4.42 Å². The minimum atomic E-state index is -0.605. The van der Waals surface area contributed by atoms with E-state index in [0.717, 1.165) is 55.7 Å². The molecule has 0 aromatic carbocycles. The summed E-state index contributed by atoms with van der Waals surface area (Å²) in [6, 6.07) is 4.10. The summed E-state index contributed by atoms with van der Waals surface area (Å²) in [5.74, 6) is 4.25. The lowest BCUT2D eigenvalue weighted by Crippen LogP contribution is -2.37. The standard InChI is InChI=1S/C14H24N2O2S/c1-12(2)9-15-10-13-3-4-14(18-13)11-16-5-7-19(17)8-6-16/h3-4,12,15H,5-11H2,1-2H3. The first-order valence-corrected chi connectivity index (χ1v) is 8.48. The number of nitrogens with zero attached hydrogens (tertiary/aromatic N) is 1. The number of nitrogens with one attached hydrogen (secondary N) is 1. The van der Waals surface area contributed by atoms with Crippen molar-refractivity contribution in [3.63, 3.8) is 0 Å². The van der Waals surface area contributed by atoms with Crippen LogP contribution in [0.2, 0.25) is 0 Å². The summed E-state index contributed by atoms with van der Waals surface area (Å²) < 4.78 is 17.1. The van der Waals surface area contributed by atoms with Crippen LogP contribution in [0.3, 0.4) is 0 Å². The van der Waals surface area contributed by atoms with Gasteiger partial charge in [-0.25, -0.2) is 0 Å². The average molecular weight is 284 g/mol. The smallest absolute Gasteiger partial charge is 0.118 e. The maximum atomic E-state index is 11.3. The monoisotopic (exact) mass is 284 g/mol. The van der Waals surface area contributed by atoms with Crippen LogP contribution in [0.5, 0.6) is 0 Å². The summed E-state index contributed by atoms with van der Waals surface area (Å²) in [7, 11) is -0.605. The fraction of sp³-hybridized carbons (Fsp3) is 0.714. The van der Waals surface area contributed by atoms with Gasteiger partial charge in [0.15, 0.2) is 0 Å². The second-order valence-electron chi connectivity index (χ2n) is 5.52. The van der Waals surface area contributed by atoms with Crippen LogP contribution in [0, 0.1) is 5.92 Å². The van der Waals surface area contributed by atoms with E-state index in [2.05, 4.69) is 30.1 Å². The van der Waals surface area contributed by atoms with Crippen molar-refractivity contribution in [2.24, 2.45) is 5.92 Å². The Balaban J connectivity index is 1.75. The molecule has 5 heteroatoms. The highest BCUT2D eigenvalue weighted by molar-refractivity contribution is 7.85. The number of furan rings is 1. The molecule has 2 rings (SSSR count). The van der Waals surface area contributed by atoms with Crippen LogP contribution < -0.4 is 5.32 Å². The molecule has 0 radical (unpaired) electrons. The van der Waals surface area contributed by atoms with Gasteiger partial charge in [-0.2, -0.15) is 0 Å². The zero-order valence-electron chi connectivity index (χ0n) is 11.9. The molecule has 0 saturated carbocycles. The molecule has 1 aromatic rings. The molecule has 19 heavy (non-hydrogen) atoms. The van der Waals surface area contributed by atoms with Gasteiger partial charge in [-0.05, 0) is 24.6 Å². The fourth-order valence-electron chi connectivity index (χ4n) is 2.14. The predicted molar refractivity (Wildman–Crippen MR) is 78.4 cm³/mol. The summed E-state index contributed by atoms with van der Waals surface area (Å²) in [6.45, 7) is 8.85. The molecule has 0 unspecified atom stereocenters. The van der Waals surface area contributed by atoms with Gasteiger partial charge in [0.1, 0.15) is 11.5 Å². The minimum absolute atomic E-state index is 0.605. The molecule has 1 saturated heterocycles. The third kappa shape index (κ3) is 5.09. The van der Waals surface area contributed by atoms with E-state index in [1.807, 2.05) is 6.07 Å². The fourth-order valence-corrected chi connectivity index (χ4v) is 3.27. The van der Waals surface area contributed by atoms with Gasteiger partial charge < -0.3 is 9.73 Å². The third-order valence-electron chi connectivity index (χ3n) is 3.22. The number of hydrogen-bond donors (Lipinski definition) is 1. The van der Waals surface area contributed by atoms with E-state index in [0.29, 0.717) is 5.92 Å². The van der Waals surface area contributed by atoms with Crippen LogP contribution in [0.15, 0.2) is 16.5 Å². The summed E-state index contributed by atoms with van der Waals surface area (Å²) >= 11 is 0. The minimum Gasteiger partial charge on any atom is -0.463 e. The third-order valence-corrected chi connectivity index (χ3v) is 4.49. The molecule has 108 valence electrons. The van der Waals surface area contributed by atoms with Crippen molar-refractivity contribution in [1.82, 2.24) is 10.2 Å². The highest BCUT2D eigenvalue weighted by Crippen LogP contribution is 2.12. The van der Waals surface area contributed by atoms with Gasteiger partial charge in [0.2, 0.25) is 0 Å². The van der Waals surface area contributed by atoms with Gasteiger partial charge in [-0.15, -0.1) is 0 Å². The summed E-state index contributed by atoms with van der Waals surface area (Å²) in [5, 5.41) is 3.38. The lowest BCUT2D eigenvalue weighted by atomic mass is 10.2. The van der Waals surface area contributed by atoms with E-state index >= 15 is 0 Å². The van der Waals surface area contributed by atoms with E-state index in [1.54, 1.807) is 0 Å². The van der Waals surface area contributed by atoms with Gasteiger partial charge in [0.25, 0.3) is 0 Å². The van der Waals surface area contributed by atoms with Gasteiger partial charge in [-0.3, -0.25) is 9.11 Å². The second kappa shape index (κ2) is 7.22. The quantitative estimate of drug-likeness (QED) is 0.861.